The first kappa shape index (κ1) is 19.0. The molecular formula is C21H20N4O3. The van der Waals surface area contributed by atoms with Gasteiger partial charge in [-0.2, -0.15) is 5.10 Å². The van der Waals surface area contributed by atoms with Crippen molar-refractivity contribution in [3.05, 3.63) is 77.1 Å². The summed E-state index contributed by atoms with van der Waals surface area (Å²) in [4.78, 5) is 36.9. The Morgan fingerprint density at radius 3 is 2.21 bits per heavy atom. The molecule has 0 aliphatic heterocycles. The monoisotopic (exact) mass is 376 g/mol. The Balaban J connectivity index is 1.94. The van der Waals surface area contributed by atoms with Gasteiger partial charge in [0.2, 0.25) is 11.8 Å². The second-order valence-corrected chi connectivity index (χ2v) is 6.09. The van der Waals surface area contributed by atoms with Crippen LogP contribution in [0.5, 0.6) is 0 Å². The summed E-state index contributed by atoms with van der Waals surface area (Å²) in [6.45, 7) is 1.42. The van der Waals surface area contributed by atoms with Gasteiger partial charge >= 0.3 is 0 Å². The van der Waals surface area contributed by atoms with Crippen LogP contribution in [0.1, 0.15) is 13.3 Å². The van der Waals surface area contributed by atoms with E-state index in [1.54, 1.807) is 31.2 Å². The zero-order chi connectivity index (χ0) is 19.9. The van der Waals surface area contributed by atoms with Gasteiger partial charge in [0.15, 0.2) is 0 Å². The zero-order valence-corrected chi connectivity index (χ0v) is 15.4. The average Bonchev–Trinajstić information content (AvgIpc) is 2.72. The first-order valence-corrected chi connectivity index (χ1v) is 8.89. The highest BCUT2D eigenvalue weighted by molar-refractivity contribution is 5.92. The topological polar surface area (TPSA) is 93.1 Å². The van der Waals surface area contributed by atoms with Gasteiger partial charge in [-0.3, -0.25) is 14.4 Å². The molecule has 2 amide bonds. The maximum atomic E-state index is 12.7. The fourth-order valence-electron chi connectivity index (χ4n) is 2.59. The van der Waals surface area contributed by atoms with Crippen molar-refractivity contribution in [2.45, 2.75) is 19.9 Å². The zero-order valence-electron chi connectivity index (χ0n) is 15.4. The number of aromatic nitrogens is 2. The van der Waals surface area contributed by atoms with Gasteiger partial charge in [0.05, 0.1) is 5.69 Å². The first-order chi connectivity index (χ1) is 13.6. The summed E-state index contributed by atoms with van der Waals surface area (Å²) in [5.74, 6) is -0.679. The third kappa shape index (κ3) is 4.70. The van der Waals surface area contributed by atoms with Crippen molar-refractivity contribution in [3.63, 3.8) is 0 Å². The molecule has 142 valence electrons. The number of carbonyl (C=O) groups excluding carboxylic acids is 2. The summed E-state index contributed by atoms with van der Waals surface area (Å²) >= 11 is 0. The highest BCUT2D eigenvalue weighted by Gasteiger charge is 2.14. The number of para-hydroxylation sites is 1. The number of nitrogens with zero attached hydrogens (tertiary/aromatic N) is 2. The molecule has 0 spiro atoms. The van der Waals surface area contributed by atoms with E-state index in [1.807, 2.05) is 36.4 Å². The Bertz CT molecular complexity index is 1030. The minimum atomic E-state index is -0.537. The third-order valence-electron chi connectivity index (χ3n) is 3.99. The van der Waals surface area contributed by atoms with E-state index in [0.29, 0.717) is 11.4 Å². The second-order valence-electron chi connectivity index (χ2n) is 6.09. The second kappa shape index (κ2) is 8.77. The van der Waals surface area contributed by atoms with Crippen LogP contribution in [0.15, 0.2) is 71.5 Å². The van der Waals surface area contributed by atoms with Crippen LogP contribution in [-0.4, -0.2) is 21.6 Å². The Hall–Kier alpha value is -3.74. The molecule has 0 unspecified atom stereocenters. The van der Waals surface area contributed by atoms with E-state index in [-0.39, 0.29) is 24.6 Å². The Labute approximate surface area is 162 Å². The summed E-state index contributed by atoms with van der Waals surface area (Å²) in [7, 11) is 0. The predicted molar refractivity (Wildman–Crippen MR) is 108 cm³/mol. The summed E-state index contributed by atoms with van der Waals surface area (Å²) in [6, 6.07) is 19.7. The molecule has 1 aromatic heterocycles. The molecule has 1 heterocycles. The largest absolute Gasteiger partial charge is 0.324 e. The first-order valence-electron chi connectivity index (χ1n) is 8.89. The molecule has 0 fully saturated rings. The lowest BCUT2D eigenvalue weighted by Gasteiger charge is -2.12. The van der Waals surface area contributed by atoms with Crippen LogP contribution in [0.4, 0.5) is 11.4 Å². The van der Waals surface area contributed by atoms with Gasteiger partial charge in [0, 0.05) is 17.7 Å². The summed E-state index contributed by atoms with van der Waals surface area (Å²) in [5, 5.41) is 9.62. The Kier molecular flexibility index (Phi) is 5.96. The van der Waals surface area contributed by atoms with Crippen molar-refractivity contribution in [2.24, 2.45) is 0 Å². The smallest absolute Gasteiger partial charge is 0.291 e. The van der Waals surface area contributed by atoms with Crippen molar-refractivity contribution in [1.82, 2.24) is 9.78 Å². The lowest BCUT2D eigenvalue weighted by molar-refractivity contribution is -0.117. The molecule has 2 aromatic carbocycles. The van der Waals surface area contributed by atoms with Gasteiger partial charge in [-0.05, 0) is 18.2 Å². The van der Waals surface area contributed by atoms with Crippen molar-refractivity contribution in [1.29, 1.82) is 0 Å². The Morgan fingerprint density at radius 1 is 0.929 bits per heavy atom. The van der Waals surface area contributed by atoms with Crippen LogP contribution in [-0.2, 0) is 16.1 Å². The number of amides is 2. The van der Waals surface area contributed by atoms with Gasteiger partial charge in [-0.1, -0.05) is 55.5 Å². The number of nitrogens with one attached hydrogen (secondary N) is 2. The van der Waals surface area contributed by atoms with E-state index < -0.39 is 11.5 Å². The van der Waals surface area contributed by atoms with Crippen molar-refractivity contribution >= 4 is 23.2 Å². The molecule has 0 bridgehead atoms. The fraction of sp³-hybridized carbons (Fsp3) is 0.143. The maximum absolute atomic E-state index is 12.7. The van der Waals surface area contributed by atoms with E-state index in [4.69, 9.17) is 0 Å². The molecule has 0 radical (unpaired) electrons. The molecule has 0 aliphatic carbocycles. The van der Waals surface area contributed by atoms with Crippen LogP contribution in [0, 0.1) is 0 Å². The van der Waals surface area contributed by atoms with Gasteiger partial charge in [0.25, 0.3) is 5.56 Å². The minimum Gasteiger partial charge on any atom is -0.324 e. The average molecular weight is 376 g/mol. The van der Waals surface area contributed by atoms with E-state index in [1.165, 1.54) is 6.07 Å². The van der Waals surface area contributed by atoms with Gasteiger partial charge < -0.3 is 10.6 Å². The molecule has 0 aliphatic rings. The maximum Gasteiger partial charge on any atom is 0.291 e. The quantitative estimate of drug-likeness (QED) is 0.692. The minimum absolute atomic E-state index is 0.0909. The number of anilines is 2. The van der Waals surface area contributed by atoms with Crippen molar-refractivity contribution in [3.8, 4) is 11.3 Å². The van der Waals surface area contributed by atoms with E-state index >= 15 is 0 Å². The number of rotatable bonds is 6. The lowest BCUT2D eigenvalue weighted by atomic mass is 10.1. The van der Waals surface area contributed by atoms with Crippen LogP contribution < -0.4 is 16.2 Å². The molecule has 0 atom stereocenters. The molecule has 28 heavy (non-hydrogen) atoms. The van der Waals surface area contributed by atoms with Crippen LogP contribution in [0.25, 0.3) is 11.3 Å². The predicted octanol–water partition coefficient (Wildman–Crippen LogP) is 2.90. The van der Waals surface area contributed by atoms with Gasteiger partial charge in [0.1, 0.15) is 12.2 Å². The highest BCUT2D eigenvalue weighted by Crippen LogP contribution is 2.18. The molecule has 2 N–H and O–H groups in total. The molecule has 7 nitrogen and oxygen atoms in total. The van der Waals surface area contributed by atoms with Gasteiger partial charge in [-0.15, -0.1) is 0 Å². The van der Waals surface area contributed by atoms with E-state index in [2.05, 4.69) is 15.7 Å². The molecule has 0 saturated carbocycles. The molecule has 7 heteroatoms. The van der Waals surface area contributed by atoms with Crippen molar-refractivity contribution in [2.75, 3.05) is 10.6 Å². The summed E-state index contributed by atoms with van der Waals surface area (Å²) < 4.78 is 1.06. The summed E-state index contributed by atoms with van der Waals surface area (Å²) in [5.41, 5.74) is 1.43. The van der Waals surface area contributed by atoms with E-state index in [9.17, 15) is 14.4 Å². The normalized spacial score (nSPS) is 10.3. The summed E-state index contributed by atoms with van der Waals surface area (Å²) in [6.07, 6.45) is 0.233. The fourth-order valence-corrected chi connectivity index (χ4v) is 2.59. The number of hydrogen-bond acceptors (Lipinski definition) is 4. The number of hydrogen-bond donors (Lipinski definition) is 2. The number of benzene rings is 2. The van der Waals surface area contributed by atoms with Crippen LogP contribution in [0.2, 0.25) is 0 Å². The van der Waals surface area contributed by atoms with Crippen LogP contribution in [0.3, 0.4) is 0 Å². The SMILES string of the molecule is CCC(=O)Nc1cc(-c2ccccc2)nn(CC(=O)Nc2ccccc2)c1=O. The molecular weight excluding hydrogens is 356 g/mol. The molecule has 0 saturated heterocycles. The molecule has 3 rings (SSSR count). The molecule has 3 aromatic rings. The van der Waals surface area contributed by atoms with Crippen molar-refractivity contribution < 1.29 is 9.59 Å². The number of carbonyl (C=O) groups is 2. The van der Waals surface area contributed by atoms with Gasteiger partial charge in [-0.25, -0.2) is 4.68 Å². The lowest BCUT2D eigenvalue weighted by Crippen LogP contribution is -2.32. The van der Waals surface area contributed by atoms with E-state index in [0.717, 1.165) is 10.2 Å². The standard InChI is InChI=1S/C21H20N4O3/c1-2-19(26)23-18-13-17(15-9-5-3-6-10-15)24-25(21(18)28)14-20(27)22-16-11-7-4-8-12-16/h3-13H,2,14H2,1H3,(H,22,27)(H,23,26). The highest BCUT2D eigenvalue weighted by atomic mass is 16.2. The van der Waals surface area contributed by atoms with Crippen LogP contribution >= 0.6 is 0 Å². The third-order valence-corrected chi connectivity index (χ3v) is 3.99. The Morgan fingerprint density at radius 2 is 1.57 bits per heavy atom.